The van der Waals surface area contributed by atoms with Gasteiger partial charge in [-0.2, -0.15) is 0 Å². The van der Waals surface area contributed by atoms with Crippen molar-refractivity contribution in [3.8, 4) is 5.75 Å². The molecule has 1 fully saturated rings. The topological polar surface area (TPSA) is 190 Å². The van der Waals surface area contributed by atoms with Crippen molar-refractivity contribution in [2.24, 2.45) is 23.0 Å². The van der Waals surface area contributed by atoms with Gasteiger partial charge in [-0.1, -0.05) is 20.8 Å². The second kappa shape index (κ2) is 9.83. The van der Waals surface area contributed by atoms with Gasteiger partial charge in [0.15, 0.2) is 17.2 Å². The molecule has 0 aromatic heterocycles. The molecule has 0 saturated heterocycles. The number of carbonyl (C=O) groups excluding carboxylic acids is 4. The van der Waals surface area contributed by atoms with Gasteiger partial charge in [-0.3, -0.25) is 24.1 Å². The Hall–Kier alpha value is -3.54. The fraction of sp³-hybridized carbons (Fsp3) is 0.517. The van der Waals surface area contributed by atoms with E-state index >= 15 is 0 Å². The minimum atomic E-state index is -2.71. The molecule has 0 aliphatic heterocycles. The molecule has 0 bridgehead atoms. The number of hydrogen-bond donors (Lipinski definition) is 6. The number of primary amides is 1. The van der Waals surface area contributed by atoms with Crippen molar-refractivity contribution < 1.29 is 39.6 Å². The number of amides is 1. The Morgan fingerprint density at radius 3 is 2.33 bits per heavy atom. The normalized spacial score (nSPS) is 26.6. The Kier molecular flexibility index (Phi) is 7.23. The molecule has 1 saturated carbocycles. The van der Waals surface area contributed by atoms with Gasteiger partial charge in [0.25, 0.3) is 5.91 Å². The molecule has 0 unspecified atom stereocenters. The van der Waals surface area contributed by atoms with E-state index in [9.17, 15) is 39.6 Å². The standard InChI is InChI=1S/C29H37N3O8/c1-12(33)15-8-14(10-31-11-28(2,3)4)22(34)19-16(15)7-13-9-17-21(32(5)6)24(36)20(27(30)39)26(38)29(17,40)25(37)18(13)23(19)35/h8,13,17,21,31,34-35,38,40H,7,9-11H2,1-6H3,(H2,30,39)/t13-,17-,21-,29-/m0/s1. The maximum Gasteiger partial charge on any atom is 0.255 e. The lowest BCUT2D eigenvalue weighted by Crippen LogP contribution is -2.65. The van der Waals surface area contributed by atoms with Gasteiger partial charge in [-0.15, -0.1) is 0 Å². The average molecular weight is 556 g/mol. The molecule has 4 atom stereocenters. The van der Waals surface area contributed by atoms with Crippen LogP contribution in [-0.4, -0.2) is 80.9 Å². The lowest BCUT2D eigenvalue weighted by Gasteiger charge is -2.50. The van der Waals surface area contributed by atoms with Crippen LogP contribution < -0.4 is 11.1 Å². The fourth-order valence-corrected chi connectivity index (χ4v) is 6.39. The summed E-state index contributed by atoms with van der Waals surface area (Å²) in [6.07, 6.45) is 0.0193. The van der Waals surface area contributed by atoms with Crippen molar-refractivity contribution in [3.63, 3.8) is 0 Å². The molecule has 0 spiro atoms. The van der Waals surface area contributed by atoms with Crippen LogP contribution in [0, 0.1) is 17.3 Å². The highest BCUT2D eigenvalue weighted by atomic mass is 16.3. The van der Waals surface area contributed by atoms with Gasteiger partial charge in [0.05, 0.1) is 11.6 Å². The van der Waals surface area contributed by atoms with Gasteiger partial charge >= 0.3 is 0 Å². The zero-order chi connectivity index (χ0) is 30.1. The predicted octanol–water partition coefficient (Wildman–Crippen LogP) is 1.30. The first-order valence-corrected chi connectivity index (χ1v) is 13.2. The van der Waals surface area contributed by atoms with Crippen LogP contribution in [0.5, 0.6) is 5.75 Å². The van der Waals surface area contributed by atoms with Crippen molar-refractivity contribution >= 4 is 29.0 Å². The van der Waals surface area contributed by atoms with Crippen LogP contribution in [0.15, 0.2) is 23.0 Å². The molecule has 216 valence electrons. The van der Waals surface area contributed by atoms with Gasteiger partial charge in [-0.25, -0.2) is 0 Å². The Morgan fingerprint density at radius 2 is 1.80 bits per heavy atom. The van der Waals surface area contributed by atoms with Gasteiger partial charge in [0.1, 0.15) is 22.8 Å². The van der Waals surface area contributed by atoms with Crippen LogP contribution in [0.2, 0.25) is 0 Å². The molecule has 0 heterocycles. The van der Waals surface area contributed by atoms with Crippen LogP contribution >= 0.6 is 0 Å². The molecule has 1 amide bonds. The molecule has 0 radical (unpaired) electrons. The number of rotatable bonds is 6. The SMILES string of the molecule is CC(=O)c1cc(CNCC(C)(C)C)c(O)c2c1C[C@H]1C[C@H]3[C@H](N(C)C)C(=O)C(C(N)=O)=C(O)[C@@]3(O)C(=O)C1=C2O. The summed E-state index contributed by atoms with van der Waals surface area (Å²) in [6, 6.07) is 0.403. The van der Waals surface area contributed by atoms with Crippen molar-refractivity contribution in [3.05, 3.63) is 45.2 Å². The molecular formula is C29H37N3O8. The number of aromatic hydroxyl groups is 1. The minimum absolute atomic E-state index is 0.0429. The number of nitrogens with two attached hydrogens (primary N) is 1. The molecule has 1 aromatic carbocycles. The Bertz CT molecular complexity index is 1400. The van der Waals surface area contributed by atoms with Crippen molar-refractivity contribution in [1.82, 2.24) is 10.2 Å². The third-order valence-electron chi connectivity index (χ3n) is 8.15. The number of phenolic OH excluding ortho intramolecular Hbond substituents is 1. The highest BCUT2D eigenvalue weighted by Crippen LogP contribution is 2.53. The second-order valence-electron chi connectivity index (χ2n) is 12.5. The molecular weight excluding hydrogens is 518 g/mol. The number of nitrogens with one attached hydrogen (secondary N) is 1. The van der Waals surface area contributed by atoms with E-state index in [1.54, 1.807) is 6.07 Å². The third-order valence-corrected chi connectivity index (χ3v) is 8.15. The minimum Gasteiger partial charge on any atom is -0.508 e. The van der Waals surface area contributed by atoms with E-state index in [0.29, 0.717) is 17.7 Å². The van der Waals surface area contributed by atoms with Crippen molar-refractivity contribution in [2.45, 2.75) is 58.7 Å². The first-order valence-electron chi connectivity index (χ1n) is 13.2. The summed E-state index contributed by atoms with van der Waals surface area (Å²) in [5, 5.41) is 48.6. The predicted molar refractivity (Wildman–Crippen MR) is 145 cm³/mol. The van der Waals surface area contributed by atoms with E-state index in [0.717, 1.165) is 0 Å². The van der Waals surface area contributed by atoms with Crippen molar-refractivity contribution in [2.75, 3.05) is 20.6 Å². The summed E-state index contributed by atoms with van der Waals surface area (Å²) >= 11 is 0. The zero-order valence-electron chi connectivity index (χ0n) is 23.6. The smallest absolute Gasteiger partial charge is 0.255 e. The summed E-state index contributed by atoms with van der Waals surface area (Å²) in [5.74, 6) is -7.49. The number of benzene rings is 1. The number of ketones is 3. The summed E-state index contributed by atoms with van der Waals surface area (Å²) in [4.78, 5) is 53.4. The van der Waals surface area contributed by atoms with E-state index in [2.05, 4.69) is 5.32 Å². The highest BCUT2D eigenvalue weighted by Gasteiger charge is 2.64. The van der Waals surface area contributed by atoms with Gasteiger partial charge in [0.2, 0.25) is 5.78 Å². The molecule has 1 aromatic rings. The number of hydrogen-bond acceptors (Lipinski definition) is 10. The molecule has 11 nitrogen and oxygen atoms in total. The van der Waals surface area contributed by atoms with Crippen LogP contribution in [0.4, 0.5) is 0 Å². The lowest BCUT2D eigenvalue weighted by molar-refractivity contribution is -0.153. The van der Waals surface area contributed by atoms with Crippen LogP contribution in [0.25, 0.3) is 5.76 Å². The summed E-state index contributed by atoms with van der Waals surface area (Å²) in [5.41, 5.74) is 2.36. The Balaban J connectivity index is 1.92. The zero-order valence-corrected chi connectivity index (χ0v) is 23.6. The first-order chi connectivity index (χ1) is 18.4. The monoisotopic (exact) mass is 555 g/mol. The van der Waals surface area contributed by atoms with E-state index in [4.69, 9.17) is 5.73 Å². The molecule has 7 N–H and O–H groups in total. The van der Waals surface area contributed by atoms with E-state index in [1.165, 1.54) is 25.9 Å². The van der Waals surface area contributed by atoms with Gasteiger partial charge in [-0.05, 0) is 56.8 Å². The molecule has 40 heavy (non-hydrogen) atoms. The number of nitrogens with zero attached hydrogens (tertiary/aromatic N) is 1. The number of carbonyl (C=O) groups is 4. The quantitative estimate of drug-likeness (QED) is 0.220. The Morgan fingerprint density at radius 1 is 1.18 bits per heavy atom. The van der Waals surface area contributed by atoms with E-state index in [1.807, 2.05) is 20.8 Å². The number of phenols is 1. The number of likely N-dealkylation sites (N-methyl/N-ethyl adjacent to an activating group) is 1. The van der Waals surface area contributed by atoms with Crippen LogP contribution in [0.1, 0.15) is 61.2 Å². The highest BCUT2D eigenvalue weighted by molar-refractivity contribution is 6.24. The lowest BCUT2D eigenvalue weighted by atomic mass is 9.57. The Labute approximate surface area is 232 Å². The number of aliphatic hydroxyl groups is 3. The van der Waals surface area contributed by atoms with Crippen LogP contribution in [0.3, 0.4) is 0 Å². The molecule has 4 rings (SSSR count). The van der Waals surface area contributed by atoms with E-state index < -0.39 is 58.0 Å². The van der Waals surface area contributed by atoms with Crippen molar-refractivity contribution in [1.29, 1.82) is 0 Å². The molecule has 3 aliphatic carbocycles. The van der Waals surface area contributed by atoms with Gasteiger partial charge < -0.3 is 31.5 Å². The largest absolute Gasteiger partial charge is 0.508 e. The molecule has 3 aliphatic rings. The fourth-order valence-electron chi connectivity index (χ4n) is 6.39. The first kappa shape index (κ1) is 29.4. The van der Waals surface area contributed by atoms with Crippen LogP contribution in [-0.2, 0) is 27.3 Å². The molecule has 11 heteroatoms. The number of Topliss-reactive ketones (excluding diaryl/α,β-unsaturated/α-hetero) is 3. The number of aliphatic hydroxyl groups excluding tert-OH is 2. The summed E-state index contributed by atoms with van der Waals surface area (Å²) in [6.45, 7) is 8.25. The third kappa shape index (κ3) is 4.42. The maximum absolute atomic E-state index is 14.0. The van der Waals surface area contributed by atoms with E-state index in [-0.39, 0.29) is 53.0 Å². The average Bonchev–Trinajstić information content (AvgIpc) is 2.81. The maximum atomic E-state index is 14.0. The van der Waals surface area contributed by atoms with Gasteiger partial charge in [0, 0.05) is 35.7 Å². The second-order valence-corrected chi connectivity index (χ2v) is 12.5. The number of fused-ring (bicyclic) bond motifs is 3. The summed E-state index contributed by atoms with van der Waals surface area (Å²) < 4.78 is 0. The summed E-state index contributed by atoms with van der Waals surface area (Å²) in [7, 11) is 3.07.